The van der Waals surface area contributed by atoms with Gasteiger partial charge < -0.3 is 9.47 Å². The average Bonchev–Trinajstić information content (AvgIpc) is 1.61. The van der Waals surface area contributed by atoms with Gasteiger partial charge in [0.05, 0.1) is 6.61 Å². The highest BCUT2D eigenvalue weighted by Gasteiger charge is 2.33. The fourth-order valence-electron chi connectivity index (χ4n) is 0.425. The van der Waals surface area contributed by atoms with Gasteiger partial charge in [-0.3, -0.25) is 0 Å². The fourth-order valence-corrected chi connectivity index (χ4v) is 0.425. The first kappa shape index (κ1) is 5.06. The van der Waals surface area contributed by atoms with E-state index in [0.717, 1.165) is 0 Å². The third-order valence-electron chi connectivity index (χ3n) is 1.17. The lowest BCUT2D eigenvalue weighted by Crippen LogP contribution is -2.43. The summed E-state index contributed by atoms with van der Waals surface area (Å²) in [5.41, 5.74) is -0.0833. The van der Waals surface area contributed by atoms with Gasteiger partial charge in [0, 0.05) is 7.11 Å². The molecule has 1 atom stereocenters. The molecule has 1 radical (unpaired) electrons. The van der Waals surface area contributed by atoms with Crippen molar-refractivity contribution < 1.29 is 9.47 Å². The van der Waals surface area contributed by atoms with Crippen LogP contribution in [0.5, 0.6) is 0 Å². The van der Waals surface area contributed by atoms with Gasteiger partial charge >= 0.3 is 0 Å². The van der Waals surface area contributed by atoms with E-state index in [9.17, 15) is 0 Å². The summed E-state index contributed by atoms with van der Waals surface area (Å²) in [6, 6.07) is 0. The minimum atomic E-state index is -0.0833. The maximum absolute atomic E-state index is 4.99. The standard InChI is InChI=1S/C5H9O2/c1-5(6-2)3-7-4-5/h3H,4H2,1-2H3. The van der Waals surface area contributed by atoms with Crippen LogP contribution in [-0.2, 0) is 9.47 Å². The molecule has 1 rings (SSSR count). The van der Waals surface area contributed by atoms with Crippen LogP contribution in [0, 0.1) is 6.61 Å². The molecule has 7 heavy (non-hydrogen) atoms. The molecule has 1 unspecified atom stereocenters. The van der Waals surface area contributed by atoms with Crippen molar-refractivity contribution in [2.75, 3.05) is 13.7 Å². The van der Waals surface area contributed by atoms with Crippen LogP contribution in [0.4, 0.5) is 0 Å². The van der Waals surface area contributed by atoms with Crippen LogP contribution < -0.4 is 0 Å². The van der Waals surface area contributed by atoms with Gasteiger partial charge in [-0.1, -0.05) is 0 Å². The van der Waals surface area contributed by atoms with Crippen LogP contribution in [0.2, 0.25) is 0 Å². The van der Waals surface area contributed by atoms with E-state index in [1.807, 2.05) is 6.92 Å². The van der Waals surface area contributed by atoms with Crippen molar-refractivity contribution in [1.82, 2.24) is 0 Å². The Morgan fingerprint density at radius 1 is 1.86 bits per heavy atom. The average molecular weight is 101 g/mol. The van der Waals surface area contributed by atoms with E-state index in [-0.39, 0.29) is 5.60 Å². The number of methoxy groups -OCH3 is 1. The minimum Gasteiger partial charge on any atom is -0.373 e. The van der Waals surface area contributed by atoms with Gasteiger partial charge in [0.15, 0.2) is 0 Å². The molecule has 41 valence electrons. The monoisotopic (exact) mass is 101 g/mol. The Hall–Kier alpha value is -0.0800. The molecule has 0 aromatic heterocycles. The molecular weight excluding hydrogens is 92.1 g/mol. The molecule has 2 heteroatoms. The molecule has 0 amide bonds. The first-order chi connectivity index (χ1) is 3.27. The van der Waals surface area contributed by atoms with E-state index < -0.39 is 0 Å². The van der Waals surface area contributed by atoms with Crippen molar-refractivity contribution >= 4 is 0 Å². The molecular formula is C5H9O2. The SMILES string of the molecule is COC1(C)[CH]OC1. The number of rotatable bonds is 1. The molecule has 0 spiro atoms. The minimum absolute atomic E-state index is 0.0833. The van der Waals surface area contributed by atoms with Gasteiger partial charge in [0.25, 0.3) is 0 Å². The predicted octanol–water partition coefficient (Wildman–Crippen LogP) is 0.583. The third kappa shape index (κ3) is 0.763. The molecule has 1 aliphatic rings. The van der Waals surface area contributed by atoms with Gasteiger partial charge in [0.1, 0.15) is 12.2 Å². The molecule has 1 saturated heterocycles. The molecule has 0 aromatic carbocycles. The van der Waals surface area contributed by atoms with E-state index in [1.54, 1.807) is 13.7 Å². The van der Waals surface area contributed by atoms with Crippen LogP contribution in [0.25, 0.3) is 0 Å². The highest BCUT2D eigenvalue weighted by molar-refractivity contribution is 4.91. The van der Waals surface area contributed by atoms with Crippen molar-refractivity contribution in [2.45, 2.75) is 12.5 Å². The maximum atomic E-state index is 4.99. The molecule has 1 heterocycles. The maximum Gasteiger partial charge on any atom is 0.118 e. The predicted molar refractivity (Wildman–Crippen MR) is 25.7 cm³/mol. The Labute approximate surface area is 43.4 Å². The molecule has 1 fully saturated rings. The van der Waals surface area contributed by atoms with Crippen molar-refractivity contribution in [3.63, 3.8) is 0 Å². The zero-order chi connectivity index (χ0) is 5.33. The summed E-state index contributed by atoms with van der Waals surface area (Å²) in [4.78, 5) is 0. The molecule has 0 bridgehead atoms. The quantitative estimate of drug-likeness (QED) is 0.481. The highest BCUT2D eigenvalue weighted by Crippen LogP contribution is 2.23. The second kappa shape index (κ2) is 1.46. The molecule has 1 aliphatic heterocycles. The Bertz CT molecular complexity index is 61.0. The van der Waals surface area contributed by atoms with Gasteiger partial charge in [0.2, 0.25) is 0 Å². The first-order valence-corrected chi connectivity index (χ1v) is 2.28. The van der Waals surface area contributed by atoms with Gasteiger partial charge in [-0.25, -0.2) is 0 Å². The van der Waals surface area contributed by atoms with Crippen LogP contribution in [-0.4, -0.2) is 19.3 Å². The lowest BCUT2D eigenvalue weighted by Gasteiger charge is -2.35. The van der Waals surface area contributed by atoms with Crippen molar-refractivity contribution in [2.24, 2.45) is 0 Å². The summed E-state index contributed by atoms with van der Waals surface area (Å²) >= 11 is 0. The molecule has 0 aromatic rings. The van der Waals surface area contributed by atoms with Gasteiger partial charge in [-0.15, -0.1) is 0 Å². The highest BCUT2D eigenvalue weighted by atomic mass is 16.6. The lowest BCUT2D eigenvalue weighted by molar-refractivity contribution is -0.137. The summed E-state index contributed by atoms with van der Waals surface area (Å²) in [6.45, 7) is 4.38. The molecule has 2 nitrogen and oxygen atoms in total. The Morgan fingerprint density at radius 3 is 2.43 bits per heavy atom. The summed E-state index contributed by atoms with van der Waals surface area (Å²) in [5.74, 6) is 0. The molecule has 0 saturated carbocycles. The Morgan fingerprint density at radius 2 is 2.43 bits per heavy atom. The van der Waals surface area contributed by atoms with E-state index in [2.05, 4.69) is 0 Å². The molecule has 0 N–H and O–H groups in total. The van der Waals surface area contributed by atoms with Crippen molar-refractivity contribution in [3.05, 3.63) is 6.61 Å². The normalized spacial score (nSPS) is 26.6. The second-order valence-corrected chi connectivity index (χ2v) is 1.95. The summed E-state index contributed by atoms with van der Waals surface area (Å²) in [7, 11) is 1.68. The fraction of sp³-hybridized carbons (Fsp3) is 0.800. The topological polar surface area (TPSA) is 18.5 Å². The van der Waals surface area contributed by atoms with E-state index in [0.29, 0.717) is 6.61 Å². The van der Waals surface area contributed by atoms with E-state index in [1.165, 1.54) is 0 Å². The van der Waals surface area contributed by atoms with Crippen LogP contribution in [0.3, 0.4) is 0 Å². The smallest absolute Gasteiger partial charge is 0.118 e. The lowest BCUT2D eigenvalue weighted by atomic mass is 10.1. The third-order valence-corrected chi connectivity index (χ3v) is 1.17. The molecule has 0 aliphatic carbocycles. The van der Waals surface area contributed by atoms with Crippen molar-refractivity contribution in [1.29, 1.82) is 0 Å². The first-order valence-electron chi connectivity index (χ1n) is 2.28. The second-order valence-electron chi connectivity index (χ2n) is 1.95. The summed E-state index contributed by atoms with van der Waals surface area (Å²) in [6.07, 6.45) is 0. The van der Waals surface area contributed by atoms with E-state index >= 15 is 0 Å². The van der Waals surface area contributed by atoms with Crippen LogP contribution in [0.1, 0.15) is 6.92 Å². The van der Waals surface area contributed by atoms with Gasteiger partial charge in [-0.05, 0) is 6.92 Å². The Balaban J connectivity index is 2.29. The largest absolute Gasteiger partial charge is 0.373 e. The van der Waals surface area contributed by atoms with Crippen molar-refractivity contribution in [3.8, 4) is 0 Å². The zero-order valence-electron chi connectivity index (χ0n) is 4.60. The number of hydrogen-bond donors (Lipinski definition) is 0. The Kier molecular flexibility index (Phi) is 1.05. The van der Waals surface area contributed by atoms with E-state index in [4.69, 9.17) is 9.47 Å². The van der Waals surface area contributed by atoms with Crippen LogP contribution in [0.15, 0.2) is 0 Å². The summed E-state index contributed by atoms with van der Waals surface area (Å²) in [5, 5.41) is 0. The summed E-state index contributed by atoms with van der Waals surface area (Å²) < 4.78 is 9.77. The number of ether oxygens (including phenoxy) is 2. The van der Waals surface area contributed by atoms with Gasteiger partial charge in [-0.2, -0.15) is 0 Å². The zero-order valence-corrected chi connectivity index (χ0v) is 4.60. The number of hydrogen-bond acceptors (Lipinski definition) is 2. The van der Waals surface area contributed by atoms with Crippen LogP contribution >= 0.6 is 0 Å².